The van der Waals surface area contributed by atoms with Crippen molar-refractivity contribution in [3.05, 3.63) is 78.2 Å². The van der Waals surface area contributed by atoms with E-state index in [1.165, 1.54) is 0 Å². The van der Waals surface area contributed by atoms with Gasteiger partial charge in [-0.2, -0.15) is 4.98 Å². The third-order valence-corrected chi connectivity index (χ3v) is 6.38. The number of guanidine groups is 1. The number of nitrogens with zero attached hydrogens (tertiary/aromatic N) is 4. The number of nitrogens with one attached hydrogen (secondary N) is 1. The van der Waals surface area contributed by atoms with Gasteiger partial charge in [-0.1, -0.05) is 53.7 Å². The molecule has 2 N–H and O–H groups in total. The summed E-state index contributed by atoms with van der Waals surface area (Å²) in [5.41, 5.74) is 1.08. The highest BCUT2D eigenvalue weighted by molar-refractivity contribution is 5.98. The van der Waals surface area contributed by atoms with Crippen molar-refractivity contribution >= 4 is 28.9 Å². The molecule has 3 aromatic carbocycles. The van der Waals surface area contributed by atoms with Crippen molar-refractivity contribution in [2.24, 2.45) is 4.99 Å². The van der Waals surface area contributed by atoms with E-state index in [2.05, 4.69) is 20.4 Å². The standard InChI is InChI=1S/C30H31N5O6/c1-30(2,3)40-29(38)33-27(32-28(36)37)35-15-7-10-24(35)26-31-25(34-41-26)22-12-11-21-17-23(14-13-20(21)16-22)39-18-19-8-5-4-6-9-19/h4-6,8-9,11-14,16-17,24H,7,10,15,18H2,1-3H3,(H,36,37)(H,32,33,38)/t24-/m0/s1. The molecular weight excluding hydrogens is 526 g/mol. The molecule has 1 atom stereocenters. The summed E-state index contributed by atoms with van der Waals surface area (Å²) in [6, 6.07) is 21.3. The molecule has 1 fully saturated rings. The summed E-state index contributed by atoms with van der Waals surface area (Å²) in [5, 5.41) is 17.7. The second-order valence-corrected chi connectivity index (χ2v) is 10.7. The Balaban J connectivity index is 1.33. The zero-order valence-electron chi connectivity index (χ0n) is 23.0. The van der Waals surface area contributed by atoms with Crippen molar-refractivity contribution in [2.75, 3.05) is 6.54 Å². The molecule has 0 spiro atoms. The lowest BCUT2D eigenvalue weighted by atomic mass is 10.1. The molecule has 0 bridgehead atoms. The molecule has 0 unspecified atom stereocenters. The minimum Gasteiger partial charge on any atom is -0.489 e. The van der Waals surface area contributed by atoms with E-state index in [1.807, 2.05) is 66.7 Å². The number of carbonyl (C=O) groups excluding carboxylic acids is 1. The van der Waals surface area contributed by atoms with Gasteiger partial charge in [0.15, 0.2) is 0 Å². The topological polar surface area (TPSA) is 139 Å². The third-order valence-electron chi connectivity index (χ3n) is 6.38. The lowest BCUT2D eigenvalue weighted by Crippen LogP contribution is -2.44. The minimum absolute atomic E-state index is 0.148. The number of fused-ring (bicyclic) bond motifs is 1. The zero-order chi connectivity index (χ0) is 29.0. The molecule has 1 aliphatic heterocycles. The monoisotopic (exact) mass is 557 g/mol. The highest BCUT2D eigenvalue weighted by Crippen LogP contribution is 2.33. The second-order valence-electron chi connectivity index (χ2n) is 10.7. The molecule has 5 rings (SSSR count). The van der Waals surface area contributed by atoms with Crippen LogP contribution in [-0.4, -0.2) is 50.4 Å². The number of carboxylic acid groups (broad SMARTS) is 1. The summed E-state index contributed by atoms with van der Waals surface area (Å²) in [5.74, 6) is 1.32. The highest BCUT2D eigenvalue weighted by atomic mass is 16.6. The Morgan fingerprint density at radius 2 is 1.85 bits per heavy atom. The van der Waals surface area contributed by atoms with Gasteiger partial charge in [0, 0.05) is 12.1 Å². The number of carbonyl (C=O) groups is 2. The van der Waals surface area contributed by atoms with E-state index >= 15 is 0 Å². The average Bonchev–Trinajstić information content (AvgIpc) is 3.60. The first-order chi connectivity index (χ1) is 19.6. The molecule has 0 aliphatic carbocycles. The van der Waals surface area contributed by atoms with Crippen LogP contribution in [0, 0.1) is 0 Å². The van der Waals surface area contributed by atoms with Gasteiger partial charge in [-0.05, 0) is 68.1 Å². The van der Waals surface area contributed by atoms with E-state index in [1.54, 1.807) is 25.7 Å². The number of aromatic nitrogens is 2. The number of benzene rings is 3. The van der Waals surface area contributed by atoms with E-state index < -0.39 is 23.8 Å². The Labute approximate surface area is 236 Å². The number of amides is 2. The maximum atomic E-state index is 12.3. The van der Waals surface area contributed by atoms with Crippen LogP contribution in [0.5, 0.6) is 5.75 Å². The van der Waals surface area contributed by atoms with Gasteiger partial charge >= 0.3 is 12.2 Å². The van der Waals surface area contributed by atoms with Crippen LogP contribution in [0.15, 0.2) is 76.2 Å². The first-order valence-corrected chi connectivity index (χ1v) is 13.3. The number of likely N-dealkylation sites (tertiary alicyclic amines) is 1. The quantitative estimate of drug-likeness (QED) is 0.218. The molecule has 41 heavy (non-hydrogen) atoms. The van der Waals surface area contributed by atoms with Crippen LogP contribution in [-0.2, 0) is 11.3 Å². The minimum atomic E-state index is -1.35. The summed E-state index contributed by atoms with van der Waals surface area (Å²) in [6.07, 6.45) is -0.932. The lowest BCUT2D eigenvalue weighted by Gasteiger charge is -2.25. The smallest absolute Gasteiger partial charge is 0.437 e. The van der Waals surface area contributed by atoms with Crippen LogP contribution < -0.4 is 10.1 Å². The molecule has 11 heteroatoms. The van der Waals surface area contributed by atoms with Crippen LogP contribution in [0.1, 0.15) is 51.1 Å². The molecule has 2 amide bonds. The highest BCUT2D eigenvalue weighted by Gasteiger charge is 2.34. The molecule has 2 heterocycles. The number of hydrogen-bond donors (Lipinski definition) is 2. The SMILES string of the molecule is CC(C)(C)OC(=O)N=C(NC(=O)O)N1CCC[C@H]1c1nc(-c2ccc3cc(OCc4ccccc4)ccc3c2)no1. The summed E-state index contributed by atoms with van der Waals surface area (Å²) >= 11 is 0. The Morgan fingerprint density at radius 3 is 2.61 bits per heavy atom. The molecule has 4 aromatic rings. The van der Waals surface area contributed by atoms with E-state index in [9.17, 15) is 14.7 Å². The molecule has 212 valence electrons. The normalized spacial score (nSPS) is 15.6. The zero-order valence-corrected chi connectivity index (χ0v) is 23.0. The molecule has 0 radical (unpaired) electrons. The van der Waals surface area contributed by atoms with Crippen LogP contribution in [0.4, 0.5) is 9.59 Å². The van der Waals surface area contributed by atoms with Crippen molar-refractivity contribution < 1.29 is 28.7 Å². The molecule has 1 saturated heterocycles. The van der Waals surface area contributed by atoms with E-state index in [0.717, 1.165) is 27.6 Å². The van der Waals surface area contributed by atoms with Crippen LogP contribution >= 0.6 is 0 Å². The third kappa shape index (κ3) is 6.99. The van der Waals surface area contributed by atoms with Gasteiger partial charge in [-0.15, -0.1) is 4.99 Å². The molecule has 11 nitrogen and oxygen atoms in total. The van der Waals surface area contributed by atoms with Gasteiger partial charge in [0.1, 0.15) is 24.0 Å². The predicted octanol–water partition coefficient (Wildman–Crippen LogP) is 6.16. The first-order valence-electron chi connectivity index (χ1n) is 13.3. The lowest BCUT2D eigenvalue weighted by molar-refractivity contribution is 0.0600. The molecular formula is C30H31N5O6. The van der Waals surface area contributed by atoms with Gasteiger partial charge in [0.25, 0.3) is 0 Å². The van der Waals surface area contributed by atoms with Crippen molar-refractivity contribution in [3.63, 3.8) is 0 Å². The second kappa shape index (κ2) is 11.7. The summed E-state index contributed by atoms with van der Waals surface area (Å²) in [4.78, 5) is 33.9. The Hall–Kier alpha value is -4.93. The van der Waals surface area contributed by atoms with E-state index in [4.69, 9.17) is 14.0 Å². The number of ether oxygens (including phenoxy) is 2. The number of rotatable bonds is 5. The molecule has 1 aliphatic rings. The predicted molar refractivity (Wildman–Crippen MR) is 152 cm³/mol. The molecule has 0 saturated carbocycles. The van der Waals surface area contributed by atoms with Crippen molar-refractivity contribution in [1.82, 2.24) is 20.4 Å². The van der Waals surface area contributed by atoms with Gasteiger partial charge in [0.2, 0.25) is 17.7 Å². The van der Waals surface area contributed by atoms with Gasteiger partial charge in [-0.3, -0.25) is 5.32 Å². The number of hydrogen-bond acceptors (Lipinski definition) is 7. The number of aliphatic imine (C=N–C) groups is 1. The van der Waals surface area contributed by atoms with Crippen LogP contribution in [0.2, 0.25) is 0 Å². The van der Waals surface area contributed by atoms with Crippen molar-refractivity contribution in [3.8, 4) is 17.1 Å². The summed E-state index contributed by atoms with van der Waals surface area (Å²) in [6.45, 7) is 6.04. The van der Waals surface area contributed by atoms with Crippen molar-refractivity contribution in [2.45, 2.75) is 51.9 Å². The fourth-order valence-corrected chi connectivity index (χ4v) is 4.59. The Kier molecular flexibility index (Phi) is 7.86. The van der Waals surface area contributed by atoms with Gasteiger partial charge < -0.3 is 24.0 Å². The fraction of sp³-hybridized carbons (Fsp3) is 0.300. The Bertz CT molecular complexity index is 1580. The first kappa shape index (κ1) is 27.6. The summed E-state index contributed by atoms with van der Waals surface area (Å²) < 4.78 is 16.8. The Morgan fingerprint density at radius 1 is 1.10 bits per heavy atom. The van der Waals surface area contributed by atoms with Crippen LogP contribution in [0.3, 0.4) is 0 Å². The molecule has 1 aromatic heterocycles. The van der Waals surface area contributed by atoms with Crippen molar-refractivity contribution in [1.29, 1.82) is 0 Å². The maximum absolute atomic E-state index is 12.3. The fourth-order valence-electron chi connectivity index (χ4n) is 4.59. The van der Waals surface area contributed by atoms with E-state index in [0.29, 0.717) is 37.7 Å². The summed E-state index contributed by atoms with van der Waals surface area (Å²) in [7, 11) is 0. The maximum Gasteiger partial charge on any atom is 0.437 e. The largest absolute Gasteiger partial charge is 0.489 e. The van der Waals surface area contributed by atoms with Gasteiger partial charge in [0.05, 0.1) is 0 Å². The van der Waals surface area contributed by atoms with Gasteiger partial charge in [-0.25, -0.2) is 9.59 Å². The van der Waals surface area contributed by atoms with E-state index in [-0.39, 0.29) is 5.96 Å². The van der Waals surface area contributed by atoms with Crippen LogP contribution in [0.25, 0.3) is 22.2 Å². The average molecular weight is 558 g/mol.